The largest absolute Gasteiger partial charge is 0.398 e. The van der Waals surface area contributed by atoms with E-state index in [1.807, 2.05) is 6.07 Å². The molecule has 22 heavy (non-hydrogen) atoms. The Balaban J connectivity index is 2.21. The van der Waals surface area contributed by atoms with E-state index in [2.05, 4.69) is 20.3 Å². The van der Waals surface area contributed by atoms with Gasteiger partial charge in [0.15, 0.2) is 10.8 Å². The summed E-state index contributed by atoms with van der Waals surface area (Å²) in [5.74, 6) is -0.576. The SMILES string of the molecule is CON=C(C(=O)NC(C=O)c1ccccc1)c1csc(N)n1. The van der Waals surface area contributed by atoms with Gasteiger partial charge in [0, 0.05) is 5.38 Å². The van der Waals surface area contributed by atoms with E-state index in [0.29, 0.717) is 22.7 Å². The highest BCUT2D eigenvalue weighted by Crippen LogP contribution is 2.14. The summed E-state index contributed by atoms with van der Waals surface area (Å²) >= 11 is 1.18. The molecule has 0 aliphatic heterocycles. The molecule has 114 valence electrons. The zero-order valence-corrected chi connectivity index (χ0v) is 12.5. The van der Waals surface area contributed by atoms with Crippen LogP contribution in [0.3, 0.4) is 0 Å². The van der Waals surface area contributed by atoms with Crippen LogP contribution in [0.4, 0.5) is 5.13 Å². The lowest BCUT2D eigenvalue weighted by molar-refractivity contribution is -0.119. The van der Waals surface area contributed by atoms with Crippen LogP contribution in [-0.2, 0) is 14.4 Å². The molecular formula is C14H14N4O3S. The van der Waals surface area contributed by atoms with Crippen molar-refractivity contribution in [3.8, 4) is 0 Å². The molecule has 0 saturated carbocycles. The first-order valence-electron chi connectivity index (χ1n) is 6.29. The van der Waals surface area contributed by atoms with Crippen molar-refractivity contribution in [3.63, 3.8) is 0 Å². The van der Waals surface area contributed by atoms with Crippen molar-refractivity contribution in [3.05, 3.63) is 47.0 Å². The summed E-state index contributed by atoms with van der Waals surface area (Å²) in [6, 6.07) is 8.09. The number of nitrogen functional groups attached to an aromatic ring is 1. The summed E-state index contributed by atoms with van der Waals surface area (Å²) in [6.07, 6.45) is 0.646. The molecule has 2 rings (SSSR count). The third-order valence-electron chi connectivity index (χ3n) is 2.74. The van der Waals surface area contributed by atoms with E-state index in [0.717, 1.165) is 0 Å². The van der Waals surface area contributed by atoms with Crippen LogP contribution < -0.4 is 11.1 Å². The lowest BCUT2D eigenvalue weighted by Crippen LogP contribution is -2.36. The standard InChI is InChI=1S/C14H14N4O3S/c1-21-18-12(11-8-22-14(15)17-11)13(20)16-10(7-19)9-5-3-2-4-6-9/h2-8,10H,1H3,(H2,15,17)(H,16,20). The van der Waals surface area contributed by atoms with Gasteiger partial charge in [-0.2, -0.15) is 0 Å². The average molecular weight is 318 g/mol. The highest BCUT2D eigenvalue weighted by molar-refractivity contribution is 7.13. The second-order valence-electron chi connectivity index (χ2n) is 4.19. The van der Waals surface area contributed by atoms with Gasteiger partial charge in [0.05, 0.1) is 0 Å². The van der Waals surface area contributed by atoms with Crippen molar-refractivity contribution in [2.45, 2.75) is 6.04 Å². The Morgan fingerprint density at radius 1 is 1.45 bits per heavy atom. The Hall–Kier alpha value is -2.74. The van der Waals surface area contributed by atoms with Gasteiger partial charge in [-0.3, -0.25) is 4.79 Å². The number of hydrogen-bond donors (Lipinski definition) is 2. The Kier molecular flexibility index (Phi) is 5.21. The van der Waals surface area contributed by atoms with E-state index in [1.54, 1.807) is 29.6 Å². The van der Waals surface area contributed by atoms with Gasteiger partial charge in [0.2, 0.25) is 0 Å². The van der Waals surface area contributed by atoms with Crippen LogP contribution >= 0.6 is 11.3 Å². The van der Waals surface area contributed by atoms with Crippen molar-refractivity contribution in [2.75, 3.05) is 12.8 Å². The van der Waals surface area contributed by atoms with Crippen LogP contribution in [0.15, 0.2) is 40.9 Å². The van der Waals surface area contributed by atoms with Crippen LogP contribution in [0.5, 0.6) is 0 Å². The van der Waals surface area contributed by atoms with Gasteiger partial charge < -0.3 is 20.7 Å². The van der Waals surface area contributed by atoms with E-state index in [-0.39, 0.29) is 5.71 Å². The first kappa shape index (κ1) is 15.6. The number of anilines is 1. The third kappa shape index (κ3) is 3.67. The van der Waals surface area contributed by atoms with Crippen molar-refractivity contribution in [1.29, 1.82) is 0 Å². The maximum Gasteiger partial charge on any atom is 0.276 e. The number of hydrogen-bond acceptors (Lipinski definition) is 7. The normalized spacial score (nSPS) is 12.5. The molecule has 0 spiro atoms. The first-order valence-corrected chi connectivity index (χ1v) is 7.17. The van der Waals surface area contributed by atoms with Gasteiger partial charge in [-0.1, -0.05) is 35.5 Å². The number of aromatic nitrogens is 1. The van der Waals surface area contributed by atoms with Gasteiger partial charge in [-0.15, -0.1) is 11.3 Å². The lowest BCUT2D eigenvalue weighted by atomic mass is 10.1. The molecule has 0 aliphatic rings. The second kappa shape index (κ2) is 7.32. The maximum atomic E-state index is 12.3. The number of oxime groups is 1. The molecule has 0 bridgehead atoms. The van der Waals surface area contributed by atoms with Crippen LogP contribution in [0, 0.1) is 0 Å². The summed E-state index contributed by atoms with van der Waals surface area (Å²) in [4.78, 5) is 32.2. The molecule has 1 aromatic carbocycles. The molecule has 1 heterocycles. The number of rotatable bonds is 6. The fourth-order valence-electron chi connectivity index (χ4n) is 1.76. The summed E-state index contributed by atoms with van der Waals surface area (Å²) in [5.41, 5.74) is 6.47. The summed E-state index contributed by atoms with van der Waals surface area (Å²) in [6.45, 7) is 0. The Morgan fingerprint density at radius 3 is 2.73 bits per heavy atom. The number of aldehydes is 1. The van der Waals surface area contributed by atoms with E-state index in [1.165, 1.54) is 18.4 Å². The van der Waals surface area contributed by atoms with Gasteiger partial charge in [-0.25, -0.2) is 4.98 Å². The number of nitrogens with zero attached hydrogens (tertiary/aromatic N) is 2. The Labute approximate surface area is 130 Å². The molecule has 0 fully saturated rings. The summed E-state index contributed by atoms with van der Waals surface area (Å²) in [5, 5.41) is 8.14. The molecule has 3 N–H and O–H groups in total. The van der Waals surface area contributed by atoms with Gasteiger partial charge in [0.25, 0.3) is 5.91 Å². The van der Waals surface area contributed by atoms with Gasteiger partial charge in [0.1, 0.15) is 25.1 Å². The quantitative estimate of drug-likeness (QED) is 0.472. The van der Waals surface area contributed by atoms with E-state index in [9.17, 15) is 9.59 Å². The minimum atomic E-state index is -0.785. The van der Waals surface area contributed by atoms with Crippen LogP contribution in [0.1, 0.15) is 17.3 Å². The number of nitrogens with two attached hydrogens (primary N) is 1. The molecule has 8 heteroatoms. The Morgan fingerprint density at radius 2 is 2.18 bits per heavy atom. The fourth-order valence-corrected chi connectivity index (χ4v) is 2.31. The number of amides is 1. The minimum absolute atomic E-state index is 0.0433. The zero-order valence-electron chi connectivity index (χ0n) is 11.7. The van der Waals surface area contributed by atoms with Crippen molar-refractivity contribution in [1.82, 2.24) is 10.3 Å². The van der Waals surface area contributed by atoms with Crippen molar-refractivity contribution in [2.24, 2.45) is 5.16 Å². The number of nitrogens with one attached hydrogen (secondary N) is 1. The zero-order chi connectivity index (χ0) is 15.9. The molecule has 2 aromatic rings. The first-order chi connectivity index (χ1) is 10.7. The van der Waals surface area contributed by atoms with Crippen LogP contribution in [-0.4, -0.2) is 30.0 Å². The molecule has 0 aliphatic carbocycles. The predicted molar refractivity (Wildman–Crippen MR) is 83.5 cm³/mol. The maximum absolute atomic E-state index is 12.3. The molecule has 1 amide bonds. The molecular weight excluding hydrogens is 304 g/mol. The topological polar surface area (TPSA) is 107 Å². The number of carbonyl (C=O) groups excluding carboxylic acids is 2. The molecule has 1 unspecified atom stereocenters. The van der Waals surface area contributed by atoms with Crippen LogP contribution in [0.2, 0.25) is 0 Å². The minimum Gasteiger partial charge on any atom is -0.398 e. The Bertz CT molecular complexity index is 684. The molecule has 0 radical (unpaired) electrons. The number of thiazole rings is 1. The van der Waals surface area contributed by atoms with Gasteiger partial charge in [-0.05, 0) is 5.56 Å². The number of benzene rings is 1. The van der Waals surface area contributed by atoms with Crippen molar-refractivity contribution < 1.29 is 14.4 Å². The monoisotopic (exact) mass is 318 g/mol. The molecule has 1 aromatic heterocycles. The highest BCUT2D eigenvalue weighted by atomic mass is 32.1. The van der Waals surface area contributed by atoms with Crippen molar-refractivity contribution >= 4 is 34.4 Å². The van der Waals surface area contributed by atoms with Crippen LogP contribution in [0.25, 0.3) is 0 Å². The van der Waals surface area contributed by atoms with E-state index < -0.39 is 11.9 Å². The average Bonchev–Trinajstić information content (AvgIpc) is 2.97. The molecule has 1 atom stereocenters. The van der Waals surface area contributed by atoms with E-state index in [4.69, 9.17) is 5.73 Å². The predicted octanol–water partition coefficient (Wildman–Crippen LogP) is 1.13. The fraction of sp³-hybridized carbons (Fsp3) is 0.143. The molecule has 7 nitrogen and oxygen atoms in total. The highest BCUT2D eigenvalue weighted by Gasteiger charge is 2.22. The molecule has 0 saturated heterocycles. The second-order valence-corrected chi connectivity index (χ2v) is 5.08. The number of carbonyl (C=O) groups is 2. The summed E-state index contributed by atoms with van der Waals surface area (Å²) in [7, 11) is 1.32. The summed E-state index contributed by atoms with van der Waals surface area (Å²) < 4.78 is 0. The third-order valence-corrected chi connectivity index (χ3v) is 3.42. The lowest BCUT2D eigenvalue weighted by Gasteiger charge is -2.13. The smallest absolute Gasteiger partial charge is 0.276 e. The van der Waals surface area contributed by atoms with E-state index >= 15 is 0 Å². The van der Waals surface area contributed by atoms with Gasteiger partial charge >= 0.3 is 0 Å².